The maximum Gasteiger partial charge on any atom is 0.309 e. The molecule has 1 amide bonds. The van der Waals surface area contributed by atoms with Crippen LogP contribution in [-0.2, 0) is 17.9 Å². The molecule has 1 aromatic carbocycles. The summed E-state index contributed by atoms with van der Waals surface area (Å²) in [7, 11) is 0. The zero-order valence-corrected chi connectivity index (χ0v) is 16.3. The van der Waals surface area contributed by atoms with E-state index in [1.54, 1.807) is 23.9 Å². The highest BCUT2D eigenvalue weighted by atomic mass is 35.5. The van der Waals surface area contributed by atoms with Gasteiger partial charge in [-0.2, -0.15) is 10.2 Å². The number of rotatable bonds is 7. The van der Waals surface area contributed by atoms with Crippen molar-refractivity contribution in [1.82, 2.24) is 19.6 Å². The molecule has 0 aliphatic heterocycles. The number of nitrogens with zero attached hydrogens (tertiary/aromatic N) is 5. The van der Waals surface area contributed by atoms with Gasteiger partial charge in [0.1, 0.15) is 16.9 Å². The van der Waals surface area contributed by atoms with Crippen molar-refractivity contribution in [3.8, 4) is 0 Å². The Morgan fingerprint density at radius 3 is 2.71 bits per heavy atom. The van der Waals surface area contributed by atoms with Crippen LogP contribution in [0.4, 0.5) is 11.5 Å². The van der Waals surface area contributed by atoms with Gasteiger partial charge in [0.15, 0.2) is 5.82 Å². The first-order valence-corrected chi connectivity index (χ1v) is 9.03. The highest BCUT2D eigenvalue weighted by Crippen LogP contribution is 2.22. The molecule has 0 bridgehead atoms. The van der Waals surface area contributed by atoms with Crippen molar-refractivity contribution >= 4 is 40.6 Å². The fourth-order valence-electron chi connectivity index (χ4n) is 2.61. The van der Waals surface area contributed by atoms with Crippen LogP contribution in [-0.4, -0.2) is 30.4 Å². The minimum atomic E-state index is -0.510. The third-order valence-electron chi connectivity index (χ3n) is 4.09. The Labute approximate surface area is 170 Å². The van der Waals surface area contributed by atoms with E-state index in [2.05, 4.69) is 15.5 Å². The van der Waals surface area contributed by atoms with Crippen LogP contribution in [0.5, 0.6) is 0 Å². The monoisotopic (exact) mass is 422 g/mol. The molecule has 0 spiro atoms. The Morgan fingerprint density at radius 2 is 2.04 bits per heavy atom. The second-order valence-corrected chi connectivity index (χ2v) is 6.82. The largest absolute Gasteiger partial charge is 0.309 e. The van der Waals surface area contributed by atoms with Gasteiger partial charge in [-0.05, 0) is 18.6 Å². The fourth-order valence-corrected chi connectivity index (χ4v) is 3.00. The van der Waals surface area contributed by atoms with E-state index in [1.807, 2.05) is 18.2 Å². The molecule has 3 rings (SSSR count). The van der Waals surface area contributed by atoms with E-state index in [0.29, 0.717) is 22.3 Å². The Morgan fingerprint density at radius 1 is 1.29 bits per heavy atom. The van der Waals surface area contributed by atoms with E-state index < -0.39 is 4.92 Å². The number of benzene rings is 1. The number of anilines is 1. The zero-order chi connectivity index (χ0) is 20.3. The van der Waals surface area contributed by atoms with Gasteiger partial charge in [0.25, 0.3) is 0 Å². The summed E-state index contributed by atoms with van der Waals surface area (Å²) in [6.07, 6.45) is 2.83. The van der Waals surface area contributed by atoms with Crippen LogP contribution in [0, 0.1) is 17.0 Å². The molecular weight excluding hydrogens is 407 g/mol. The molecule has 0 unspecified atom stereocenters. The number of hydrogen-bond donors (Lipinski definition) is 1. The van der Waals surface area contributed by atoms with Crippen LogP contribution >= 0.6 is 23.2 Å². The lowest BCUT2D eigenvalue weighted by atomic mass is 10.2. The van der Waals surface area contributed by atoms with Gasteiger partial charge < -0.3 is 5.32 Å². The SMILES string of the molecule is Cc1c([N+](=O)[O-])cnn1CCC(=O)Nc1nn(Cc2ccccc2Cl)cc1Cl. The Balaban J connectivity index is 1.61. The van der Waals surface area contributed by atoms with E-state index in [-0.39, 0.29) is 30.4 Å². The standard InChI is InChI=1S/C17H16Cl2N6O3/c1-11-15(25(27)28)8-20-24(11)7-6-16(26)21-17-14(19)10-23(22-17)9-12-4-2-3-5-13(12)18/h2-5,8,10H,6-7,9H2,1H3,(H,21,22,26). The summed E-state index contributed by atoms with van der Waals surface area (Å²) in [6, 6.07) is 7.37. The number of halogens is 2. The zero-order valence-electron chi connectivity index (χ0n) is 14.8. The highest BCUT2D eigenvalue weighted by Gasteiger charge is 2.17. The van der Waals surface area contributed by atoms with Crippen molar-refractivity contribution < 1.29 is 9.72 Å². The van der Waals surface area contributed by atoms with Crippen LogP contribution in [0.1, 0.15) is 17.7 Å². The molecule has 2 aromatic heterocycles. The quantitative estimate of drug-likeness (QED) is 0.461. The molecule has 28 heavy (non-hydrogen) atoms. The summed E-state index contributed by atoms with van der Waals surface area (Å²) < 4.78 is 3.00. The molecule has 3 aromatic rings. The first kappa shape index (κ1) is 19.8. The van der Waals surface area contributed by atoms with Crippen LogP contribution in [0.2, 0.25) is 10.0 Å². The first-order valence-electron chi connectivity index (χ1n) is 8.28. The number of nitro groups is 1. The van der Waals surface area contributed by atoms with Gasteiger partial charge in [0.2, 0.25) is 5.91 Å². The summed E-state index contributed by atoms with van der Waals surface area (Å²) in [5.41, 5.74) is 1.18. The van der Waals surface area contributed by atoms with Gasteiger partial charge in [-0.15, -0.1) is 0 Å². The molecule has 0 aliphatic rings. The number of amides is 1. The van der Waals surface area contributed by atoms with E-state index >= 15 is 0 Å². The lowest BCUT2D eigenvalue weighted by molar-refractivity contribution is -0.385. The van der Waals surface area contributed by atoms with E-state index in [9.17, 15) is 14.9 Å². The summed E-state index contributed by atoms with van der Waals surface area (Å²) >= 11 is 12.3. The Bertz CT molecular complexity index is 1030. The minimum absolute atomic E-state index is 0.0629. The lowest BCUT2D eigenvalue weighted by Gasteiger charge is -2.05. The molecule has 2 heterocycles. The average molecular weight is 423 g/mol. The maximum atomic E-state index is 12.2. The molecular formula is C17H16Cl2N6O3. The number of carbonyl (C=O) groups excluding carboxylic acids is 1. The average Bonchev–Trinajstić information content (AvgIpc) is 3.18. The van der Waals surface area contributed by atoms with Crippen molar-refractivity contribution in [2.24, 2.45) is 0 Å². The number of aromatic nitrogens is 4. The smallest absolute Gasteiger partial charge is 0.308 e. The van der Waals surface area contributed by atoms with Crippen molar-refractivity contribution in [3.63, 3.8) is 0 Å². The van der Waals surface area contributed by atoms with Crippen molar-refractivity contribution in [1.29, 1.82) is 0 Å². The van der Waals surface area contributed by atoms with Crippen molar-refractivity contribution in [2.45, 2.75) is 26.4 Å². The number of nitrogens with one attached hydrogen (secondary N) is 1. The number of carbonyl (C=O) groups is 1. The lowest BCUT2D eigenvalue weighted by Crippen LogP contribution is -2.16. The van der Waals surface area contributed by atoms with E-state index in [1.165, 1.54) is 10.9 Å². The predicted molar refractivity (Wildman–Crippen MR) is 105 cm³/mol. The Kier molecular flexibility index (Phi) is 5.96. The van der Waals surface area contributed by atoms with Crippen LogP contribution < -0.4 is 5.32 Å². The molecule has 9 nitrogen and oxygen atoms in total. The summed E-state index contributed by atoms with van der Waals surface area (Å²) in [5, 5.41) is 22.6. The van der Waals surface area contributed by atoms with Gasteiger partial charge in [-0.25, -0.2) is 0 Å². The molecule has 11 heteroatoms. The number of hydrogen-bond acceptors (Lipinski definition) is 5. The van der Waals surface area contributed by atoms with Crippen LogP contribution in [0.3, 0.4) is 0 Å². The van der Waals surface area contributed by atoms with Gasteiger partial charge in [-0.1, -0.05) is 41.4 Å². The van der Waals surface area contributed by atoms with Gasteiger partial charge in [0, 0.05) is 17.6 Å². The van der Waals surface area contributed by atoms with Crippen LogP contribution in [0.15, 0.2) is 36.7 Å². The van der Waals surface area contributed by atoms with Gasteiger partial charge in [-0.3, -0.25) is 24.3 Å². The van der Waals surface area contributed by atoms with Crippen molar-refractivity contribution in [3.05, 3.63) is 68.1 Å². The summed E-state index contributed by atoms with van der Waals surface area (Å²) in [4.78, 5) is 22.5. The molecule has 1 N–H and O–H groups in total. The van der Waals surface area contributed by atoms with Gasteiger partial charge >= 0.3 is 5.69 Å². The second-order valence-electron chi connectivity index (χ2n) is 6.01. The molecule has 0 fully saturated rings. The maximum absolute atomic E-state index is 12.2. The van der Waals surface area contributed by atoms with Crippen molar-refractivity contribution in [2.75, 3.05) is 5.32 Å². The van der Waals surface area contributed by atoms with Gasteiger partial charge in [0.05, 0.1) is 18.0 Å². The molecule has 0 radical (unpaired) electrons. The third-order valence-corrected chi connectivity index (χ3v) is 4.73. The van der Waals surface area contributed by atoms with Crippen LogP contribution in [0.25, 0.3) is 0 Å². The third kappa shape index (κ3) is 4.49. The second kappa shape index (κ2) is 8.41. The Hall–Kier alpha value is -2.91. The minimum Gasteiger partial charge on any atom is -0.308 e. The summed E-state index contributed by atoms with van der Waals surface area (Å²) in [5.74, 6) is -0.0932. The van der Waals surface area contributed by atoms with E-state index in [0.717, 1.165) is 5.56 Å². The molecule has 0 atom stereocenters. The number of aryl methyl sites for hydroxylation is 1. The fraction of sp³-hybridized carbons (Fsp3) is 0.235. The first-order chi connectivity index (χ1) is 13.3. The molecule has 0 aliphatic carbocycles. The topological polar surface area (TPSA) is 108 Å². The molecule has 146 valence electrons. The normalized spacial score (nSPS) is 10.8. The molecule has 0 saturated heterocycles. The molecule has 0 saturated carbocycles. The predicted octanol–water partition coefficient (Wildman–Crippen LogP) is 3.68. The van der Waals surface area contributed by atoms with E-state index in [4.69, 9.17) is 23.2 Å². The highest BCUT2D eigenvalue weighted by molar-refractivity contribution is 6.33. The summed E-state index contributed by atoms with van der Waals surface area (Å²) in [6.45, 7) is 2.19.